The largest absolute Gasteiger partial charge is 0.393 e. The van der Waals surface area contributed by atoms with Crippen molar-refractivity contribution in [2.75, 3.05) is 6.54 Å². The number of carbonyl (C=O) groups is 1. The van der Waals surface area contributed by atoms with Gasteiger partial charge in [-0.05, 0) is 44.2 Å². The van der Waals surface area contributed by atoms with E-state index >= 15 is 0 Å². The van der Waals surface area contributed by atoms with E-state index in [1.54, 1.807) is 24.2 Å². The van der Waals surface area contributed by atoms with Gasteiger partial charge in [0, 0.05) is 31.5 Å². The summed E-state index contributed by atoms with van der Waals surface area (Å²) in [5.74, 6) is 0. The molecule has 1 aromatic rings. The fraction of sp³-hybridized carbons (Fsp3) is 0.647. The predicted molar refractivity (Wildman–Crippen MR) is 88.4 cm³/mol. The molecule has 0 radical (unpaired) electrons. The van der Waals surface area contributed by atoms with Crippen LogP contribution in [-0.4, -0.2) is 39.7 Å². The summed E-state index contributed by atoms with van der Waals surface area (Å²) in [5, 5.41) is 12.5. The second kappa shape index (κ2) is 8.13. The maximum atomic E-state index is 12.5. The Labute approximate surface area is 133 Å². The van der Waals surface area contributed by atoms with Crippen LogP contribution in [0.2, 0.25) is 0 Å². The molecule has 2 N–H and O–H groups in total. The van der Waals surface area contributed by atoms with Crippen molar-refractivity contribution in [3.63, 3.8) is 0 Å². The number of amides is 2. The van der Waals surface area contributed by atoms with E-state index in [2.05, 4.69) is 10.3 Å². The van der Waals surface area contributed by atoms with Gasteiger partial charge >= 0.3 is 6.03 Å². The summed E-state index contributed by atoms with van der Waals surface area (Å²) in [5.41, 5.74) is 0.871. The van der Waals surface area contributed by atoms with E-state index in [9.17, 15) is 9.90 Å². The Bertz CT molecular complexity index is 458. The predicted octanol–water partition coefficient (Wildman–Crippen LogP) is 2.80. The molecule has 0 saturated heterocycles. The minimum atomic E-state index is -0.372. The normalized spacial score (nSPS) is 13.0. The third-order valence-corrected chi connectivity index (χ3v) is 3.53. The lowest BCUT2D eigenvalue weighted by molar-refractivity contribution is 0.125. The highest BCUT2D eigenvalue weighted by molar-refractivity contribution is 5.74. The number of nitrogens with one attached hydrogen (secondary N) is 1. The Morgan fingerprint density at radius 3 is 2.59 bits per heavy atom. The summed E-state index contributed by atoms with van der Waals surface area (Å²) >= 11 is 0. The molecular weight excluding hydrogens is 278 g/mol. The SMILES string of the molecule is CC(O)CC(C)(C)CNC(=O)N(Cc1cccnc1)C(C)C. The first kappa shape index (κ1) is 18.4. The first-order chi connectivity index (χ1) is 10.2. The Morgan fingerprint density at radius 2 is 2.09 bits per heavy atom. The second-order valence-electron chi connectivity index (χ2n) is 6.96. The van der Waals surface area contributed by atoms with Crippen LogP contribution in [0.1, 0.15) is 46.6 Å². The summed E-state index contributed by atoms with van der Waals surface area (Å²) < 4.78 is 0. The minimum absolute atomic E-state index is 0.0856. The van der Waals surface area contributed by atoms with Gasteiger partial charge in [0.2, 0.25) is 0 Å². The van der Waals surface area contributed by atoms with Crippen LogP contribution in [0.4, 0.5) is 4.79 Å². The van der Waals surface area contributed by atoms with Crippen molar-refractivity contribution in [1.82, 2.24) is 15.2 Å². The van der Waals surface area contributed by atoms with Gasteiger partial charge in [0.1, 0.15) is 0 Å². The number of hydrogen-bond acceptors (Lipinski definition) is 3. The maximum Gasteiger partial charge on any atom is 0.317 e. The van der Waals surface area contributed by atoms with Crippen LogP contribution in [-0.2, 0) is 6.54 Å². The van der Waals surface area contributed by atoms with E-state index in [0.717, 1.165) is 5.56 Å². The average Bonchev–Trinajstić information content (AvgIpc) is 2.42. The molecule has 0 saturated carbocycles. The van der Waals surface area contributed by atoms with Gasteiger partial charge in [0.25, 0.3) is 0 Å². The lowest BCUT2D eigenvalue weighted by Gasteiger charge is -2.31. The zero-order valence-corrected chi connectivity index (χ0v) is 14.3. The summed E-state index contributed by atoms with van der Waals surface area (Å²) in [4.78, 5) is 18.3. The summed E-state index contributed by atoms with van der Waals surface area (Å²) in [7, 11) is 0. The Hall–Kier alpha value is -1.62. The van der Waals surface area contributed by atoms with Gasteiger partial charge in [-0.3, -0.25) is 4.98 Å². The van der Waals surface area contributed by atoms with Gasteiger partial charge in [-0.2, -0.15) is 0 Å². The number of carbonyl (C=O) groups excluding carboxylic acids is 1. The molecular formula is C17H29N3O2. The zero-order chi connectivity index (χ0) is 16.8. The molecule has 0 aromatic carbocycles. The summed E-state index contributed by atoms with van der Waals surface area (Å²) in [6, 6.07) is 3.85. The third kappa shape index (κ3) is 6.43. The molecule has 1 atom stereocenters. The number of urea groups is 1. The monoisotopic (exact) mass is 307 g/mol. The molecule has 0 bridgehead atoms. The molecule has 0 aliphatic heterocycles. The average molecular weight is 307 g/mol. The number of nitrogens with zero attached hydrogens (tertiary/aromatic N) is 2. The van der Waals surface area contributed by atoms with E-state index in [1.165, 1.54) is 0 Å². The molecule has 0 fully saturated rings. The van der Waals surface area contributed by atoms with Gasteiger partial charge in [-0.15, -0.1) is 0 Å². The van der Waals surface area contributed by atoms with Crippen molar-refractivity contribution in [3.8, 4) is 0 Å². The van der Waals surface area contributed by atoms with Crippen LogP contribution in [0.5, 0.6) is 0 Å². The Kier molecular flexibility index (Phi) is 6.81. The molecule has 1 unspecified atom stereocenters. The van der Waals surface area contributed by atoms with Gasteiger partial charge in [-0.25, -0.2) is 4.79 Å². The number of aromatic nitrogens is 1. The van der Waals surface area contributed by atoms with E-state index in [-0.39, 0.29) is 23.6 Å². The lowest BCUT2D eigenvalue weighted by atomic mass is 9.87. The van der Waals surface area contributed by atoms with Crippen LogP contribution >= 0.6 is 0 Å². The number of aliphatic hydroxyl groups excluding tert-OH is 1. The van der Waals surface area contributed by atoms with E-state index in [1.807, 2.05) is 39.8 Å². The topological polar surface area (TPSA) is 65.5 Å². The molecule has 0 spiro atoms. The van der Waals surface area contributed by atoms with Crippen molar-refractivity contribution in [2.45, 2.75) is 59.7 Å². The van der Waals surface area contributed by atoms with Crippen LogP contribution in [0.3, 0.4) is 0 Å². The fourth-order valence-electron chi connectivity index (χ4n) is 2.47. The number of hydrogen-bond donors (Lipinski definition) is 2. The molecule has 1 rings (SSSR count). The molecule has 124 valence electrons. The van der Waals surface area contributed by atoms with Crippen LogP contribution < -0.4 is 5.32 Å². The molecule has 22 heavy (non-hydrogen) atoms. The second-order valence-corrected chi connectivity index (χ2v) is 6.96. The van der Waals surface area contributed by atoms with Gasteiger partial charge < -0.3 is 15.3 Å². The van der Waals surface area contributed by atoms with Gasteiger partial charge in [0.15, 0.2) is 0 Å². The third-order valence-electron chi connectivity index (χ3n) is 3.53. The quantitative estimate of drug-likeness (QED) is 0.814. The minimum Gasteiger partial charge on any atom is -0.393 e. The van der Waals surface area contributed by atoms with E-state index in [0.29, 0.717) is 19.5 Å². The lowest BCUT2D eigenvalue weighted by Crippen LogP contribution is -2.46. The highest BCUT2D eigenvalue weighted by Gasteiger charge is 2.23. The standard InChI is InChI=1S/C17H29N3O2/c1-13(2)20(11-15-7-6-8-18-10-15)16(22)19-12-17(4,5)9-14(3)21/h6-8,10,13-14,21H,9,11-12H2,1-5H3,(H,19,22). The fourth-order valence-corrected chi connectivity index (χ4v) is 2.47. The number of aliphatic hydroxyl groups is 1. The van der Waals surface area contributed by atoms with E-state index in [4.69, 9.17) is 0 Å². The molecule has 2 amide bonds. The van der Waals surface area contributed by atoms with Crippen LogP contribution in [0.25, 0.3) is 0 Å². The van der Waals surface area contributed by atoms with Gasteiger partial charge in [-0.1, -0.05) is 19.9 Å². The van der Waals surface area contributed by atoms with Crippen molar-refractivity contribution < 1.29 is 9.90 Å². The molecule has 0 aliphatic carbocycles. The van der Waals surface area contributed by atoms with Crippen LogP contribution in [0.15, 0.2) is 24.5 Å². The molecule has 1 heterocycles. The van der Waals surface area contributed by atoms with Crippen molar-refractivity contribution in [1.29, 1.82) is 0 Å². The highest BCUT2D eigenvalue weighted by Crippen LogP contribution is 2.21. The number of rotatable bonds is 7. The van der Waals surface area contributed by atoms with Gasteiger partial charge in [0.05, 0.1) is 6.10 Å². The zero-order valence-electron chi connectivity index (χ0n) is 14.3. The van der Waals surface area contributed by atoms with Crippen molar-refractivity contribution in [2.24, 2.45) is 5.41 Å². The molecule has 1 aromatic heterocycles. The molecule has 0 aliphatic rings. The smallest absolute Gasteiger partial charge is 0.317 e. The molecule has 5 heteroatoms. The first-order valence-corrected chi connectivity index (χ1v) is 7.83. The van der Waals surface area contributed by atoms with Crippen LogP contribution in [0, 0.1) is 5.41 Å². The highest BCUT2D eigenvalue weighted by atomic mass is 16.3. The Morgan fingerprint density at radius 1 is 1.41 bits per heavy atom. The molecule has 5 nitrogen and oxygen atoms in total. The van der Waals surface area contributed by atoms with Crippen molar-refractivity contribution >= 4 is 6.03 Å². The summed E-state index contributed by atoms with van der Waals surface area (Å²) in [6.07, 6.45) is 3.78. The summed E-state index contributed by atoms with van der Waals surface area (Å²) in [6.45, 7) is 10.9. The van der Waals surface area contributed by atoms with Crippen molar-refractivity contribution in [3.05, 3.63) is 30.1 Å². The first-order valence-electron chi connectivity index (χ1n) is 7.83. The van der Waals surface area contributed by atoms with E-state index < -0.39 is 0 Å². The number of pyridine rings is 1. The Balaban J connectivity index is 2.62. The maximum absolute atomic E-state index is 12.5.